The first-order chi connectivity index (χ1) is 14.5. The maximum Gasteiger partial charge on any atom is 0.324 e. The van der Waals surface area contributed by atoms with Crippen LogP contribution in [0.25, 0.3) is 0 Å². The van der Waals surface area contributed by atoms with E-state index in [1.807, 2.05) is 19.9 Å². The number of sulfonamides is 1. The average molecular weight is 449 g/mol. The highest BCUT2D eigenvalue weighted by Crippen LogP contribution is 2.26. The summed E-state index contributed by atoms with van der Waals surface area (Å²) in [6.45, 7) is 7.94. The summed E-state index contributed by atoms with van der Waals surface area (Å²) in [6, 6.07) is 7.39. The summed E-state index contributed by atoms with van der Waals surface area (Å²) in [6.07, 6.45) is 0. The molecule has 0 saturated carbocycles. The molecule has 0 unspecified atom stereocenters. The molecule has 0 aliphatic carbocycles. The van der Waals surface area contributed by atoms with E-state index >= 15 is 0 Å². The lowest BCUT2D eigenvalue weighted by molar-refractivity contribution is -0.148. The largest absolute Gasteiger partial charge is 0.497 e. The van der Waals surface area contributed by atoms with Crippen molar-refractivity contribution in [1.29, 1.82) is 0 Å². The first kappa shape index (κ1) is 24.4. The molecule has 168 valence electrons. The van der Waals surface area contributed by atoms with Gasteiger partial charge in [-0.1, -0.05) is 6.07 Å². The molecule has 2 N–H and O–H groups in total. The van der Waals surface area contributed by atoms with E-state index in [0.29, 0.717) is 22.6 Å². The van der Waals surface area contributed by atoms with Crippen molar-refractivity contribution in [3.05, 3.63) is 52.6 Å². The number of carbonyl (C=O) groups is 2. The maximum absolute atomic E-state index is 12.9. The standard InChI is InChI=1S/C22H28N2O6S/c1-13-11-14(2)16(4)21(15(13)3)31(27,28)24-17(5)22(26)30-12-20(25)23-18-7-9-19(29-6)10-8-18/h7-11,17,24H,12H2,1-6H3,(H,23,25)/t17-/m1/s1. The van der Waals surface area contributed by atoms with Gasteiger partial charge in [-0.05, 0) is 81.1 Å². The monoisotopic (exact) mass is 448 g/mol. The van der Waals surface area contributed by atoms with Crippen LogP contribution in [0.15, 0.2) is 35.2 Å². The number of hydrogen-bond acceptors (Lipinski definition) is 6. The maximum atomic E-state index is 12.9. The second-order valence-electron chi connectivity index (χ2n) is 7.32. The molecular weight excluding hydrogens is 420 g/mol. The van der Waals surface area contributed by atoms with Crippen molar-refractivity contribution in [2.75, 3.05) is 19.0 Å². The molecule has 31 heavy (non-hydrogen) atoms. The second kappa shape index (κ2) is 9.93. The zero-order valence-electron chi connectivity index (χ0n) is 18.5. The Morgan fingerprint density at radius 2 is 1.55 bits per heavy atom. The van der Waals surface area contributed by atoms with Gasteiger partial charge in [-0.15, -0.1) is 0 Å². The molecular formula is C22H28N2O6S. The van der Waals surface area contributed by atoms with Crippen molar-refractivity contribution in [3.8, 4) is 5.75 Å². The molecule has 2 rings (SSSR count). The Kier molecular flexibility index (Phi) is 7.80. The first-order valence-electron chi connectivity index (χ1n) is 9.66. The molecule has 0 bridgehead atoms. The molecule has 0 fully saturated rings. The summed E-state index contributed by atoms with van der Waals surface area (Å²) >= 11 is 0. The van der Waals surface area contributed by atoms with Gasteiger partial charge in [0.15, 0.2) is 6.61 Å². The van der Waals surface area contributed by atoms with E-state index in [0.717, 1.165) is 11.1 Å². The zero-order chi connectivity index (χ0) is 23.3. The summed E-state index contributed by atoms with van der Waals surface area (Å²) in [4.78, 5) is 24.4. The van der Waals surface area contributed by atoms with Crippen LogP contribution in [0, 0.1) is 27.7 Å². The van der Waals surface area contributed by atoms with Crippen LogP contribution in [0.1, 0.15) is 29.2 Å². The van der Waals surface area contributed by atoms with Gasteiger partial charge in [0.1, 0.15) is 11.8 Å². The quantitative estimate of drug-likeness (QED) is 0.601. The highest BCUT2D eigenvalue weighted by atomic mass is 32.2. The van der Waals surface area contributed by atoms with Crippen LogP contribution in [0.4, 0.5) is 5.69 Å². The molecule has 0 heterocycles. The van der Waals surface area contributed by atoms with Crippen molar-refractivity contribution >= 4 is 27.6 Å². The molecule has 2 aromatic rings. The first-order valence-corrected chi connectivity index (χ1v) is 11.1. The topological polar surface area (TPSA) is 111 Å². The molecule has 2 aromatic carbocycles. The number of aryl methyl sites for hydroxylation is 2. The molecule has 8 nitrogen and oxygen atoms in total. The summed E-state index contributed by atoms with van der Waals surface area (Å²) in [5, 5.41) is 2.58. The van der Waals surface area contributed by atoms with Gasteiger partial charge in [-0.25, -0.2) is 8.42 Å². The lowest BCUT2D eigenvalue weighted by Gasteiger charge is -2.18. The normalized spacial score (nSPS) is 12.2. The number of carbonyl (C=O) groups excluding carboxylic acids is 2. The molecule has 9 heteroatoms. The Bertz CT molecular complexity index is 1050. The number of benzene rings is 2. The smallest absolute Gasteiger partial charge is 0.324 e. The molecule has 1 amide bonds. The van der Waals surface area contributed by atoms with Crippen molar-refractivity contribution in [1.82, 2.24) is 4.72 Å². The van der Waals surface area contributed by atoms with Gasteiger partial charge in [0.2, 0.25) is 10.0 Å². The molecule has 0 radical (unpaired) electrons. The number of esters is 1. The Balaban J connectivity index is 1.99. The molecule has 0 saturated heterocycles. The fraction of sp³-hybridized carbons (Fsp3) is 0.364. The van der Waals surface area contributed by atoms with E-state index in [1.165, 1.54) is 14.0 Å². The third-order valence-electron chi connectivity index (χ3n) is 4.97. The van der Waals surface area contributed by atoms with E-state index in [-0.39, 0.29) is 4.90 Å². The second-order valence-corrected chi connectivity index (χ2v) is 8.97. The number of nitrogens with one attached hydrogen (secondary N) is 2. The van der Waals surface area contributed by atoms with Crippen molar-refractivity contribution in [3.63, 3.8) is 0 Å². The van der Waals surface area contributed by atoms with Gasteiger partial charge in [0, 0.05) is 5.69 Å². The molecule has 0 aliphatic rings. The Morgan fingerprint density at radius 1 is 1.00 bits per heavy atom. The predicted molar refractivity (Wildman–Crippen MR) is 118 cm³/mol. The third kappa shape index (κ3) is 6.05. The van der Waals surface area contributed by atoms with Crippen molar-refractivity contribution < 1.29 is 27.5 Å². The Morgan fingerprint density at radius 3 is 2.06 bits per heavy atom. The summed E-state index contributed by atoms with van der Waals surface area (Å²) in [5.74, 6) is -0.762. The minimum absolute atomic E-state index is 0.155. The Labute approximate surface area is 183 Å². The number of hydrogen-bond donors (Lipinski definition) is 2. The van der Waals surface area contributed by atoms with Gasteiger partial charge in [-0.3, -0.25) is 9.59 Å². The lowest BCUT2D eigenvalue weighted by atomic mass is 10.0. The van der Waals surface area contributed by atoms with Crippen molar-refractivity contribution in [2.45, 2.75) is 45.6 Å². The van der Waals surface area contributed by atoms with Crippen LogP contribution in [0.3, 0.4) is 0 Å². The number of methoxy groups -OCH3 is 1. The number of anilines is 1. The third-order valence-corrected chi connectivity index (χ3v) is 6.78. The summed E-state index contributed by atoms with van der Waals surface area (Å²) in [5.41, 5.74) is 3.43. The highest BCUT2D eigenvalue weighted by molar-refractivity contribution is 7.89. The van der Waals surface area contributed by atoms with E-state index in [9.17, 15) is 18.0 Å². The van der Waals surface area contributed by atoms with E-state index in [4.69, 9.17) is 9.47 Å². The van der Waals surface area contributed by atoms with Gasteiger partial charge in [-0.2, -0.15) is 4.72 Å². The lowest BCUT2D eigenvalue weighted by Crippen LogP contribution is -2.41. The Hall–Kier alpha value is -2.91. The van der Waals surface area contributed by atoms with Crippen molar-refractivity contribution in [2.24, 2.45) is 0 Å². The number of ether oxygens (including phenoxy) is 2. The van der Waals surface area contributed by atoms with Crippen LogP contribution in [-0.2, 0) is 24.3 Å². The number of rotatable bonds is 8. The molecule has 0 aromatic heterocycles. The predicted octanol–water partition coefficient (Wildman–Crippen LogP) is 2.78. The summed E-state index contributed by atoms with van der Waals surface area (Å²) in [7, 11) is -2.43. The number of amides is 1. The van der Waals surface area contributed by atoms with Gasteiger partial charge < -0.3 is 14.8 Å². The fourth-order valence-electron chi connectivity index (χ4n) is 3.06. The minimum Gasteiger partial charge on any atom is -0.497 e. The molecule has 1 atom stereocenters. The van der Waals surface area contributed by atoms with Crippen LogP contribution < -0.4 is 14.8 Å². The van der Waals surface area contributed by atoms with E-state index in [2.05, 4.69) is 10.0 Å². The fourth-order valence-corrected chi connectivity index (χ4v) is 4.86. The van der Waals surface area contributed by atoms with Crippen LogP contribution in [-0.4, -0.2) is 40.1 Å². The average Bonchev–Trinajstić information content (AvgIpc) is 2.70. The highest BCUT2D eigenvalue weighted by Gasteiger charge is 2.27. The molecule has 0 aliphatic heterocycles. The zero-order valence-corrected chi connectivity index (χ0v) is 19.3. The van der Waals surface area contributed by atoms with Gasteiger partial charge in [0.25, 0.3) is 5.91 Å². The van der Waals surface area contributed by atoms with Crippen LogP contribution in [0.2, 0.25) is 0 Å². The van der Waals surface area contributed by atoms with Gasteiger partial charge >= 0.3 is 5.97 Å². The van der Waals surface area contributed by atoms with E-state index in [1.54, 1.807) is 38.1 Å². The van der Waals surface area contributed by atoms with Crippen LogP contribution >= 0.6 is 0 Å². The summed E-state index contributed by atoms with van der Waals surface area (Å²) < 4.78 is 38.2. The minimum atomic E-state index is -3.97. The van der Waals surface area contributed by atoms with E-state index < -0.39 is 34.5 Å². The van der Waals surface area contributed by atoms with Crippen LogP contribution in [0.5, 0.6) is 5.75 Å². The SMILES string of the molecule is COc1ccc(NC(=O)COC(=O)[C@@H](C)NS(=O)(=O)c2c(C)c(C)cc(C)c2C)cc1. The van der Waals surface area contributed by atoms with Gasteiger partial charge in [0.05, 0.1) is 12.0 Å². The molecule has 0 spiro atoms.